The van der Waals surface area contributed by atoms with Crippen LogP contribution in [0.25, 0.3) is 5.69 Å². The highest BCUT2D eigenvalue weighted by Gasteiger charge is 2.09. The minimum Gasteiger partial charge on any atom is -0.484 e. The lowest BCUT2D eigenvalue weighted by Crippen LogP contribution is -2.37. The number of nitrogens with one attached hydrogen (secondary N) is 1. The number of hydrogen-bond donors (Lipinski definition) is 2. The number of guanidine groups is 1. The molecule has 0 unspecified atom stereocenters. The Morgan fingerprint density at radius 2 is 2.00 bits per heavy atom. The van der Waals surface area contributed by atoms with E-state index in [0.717, 1.165) is 22.8 Å². The largest absolute Gasteiger partial charge is 0.484 e. The van der Waals surface area contributed by atoms with Crippen molar-refractivity contribution in [2.75, 3.05) is 20.7 Å². The lowest BCUT2D eigenvalue weighted by Gasteiger charge is -2.21. The topological polar surface area (TPSA) is 97.8 Å². The second-order valence-electron chi connectivity index (χ2n) is 6.79. The maximum Gasteiger partial charge on any atom is 0.255 e. The fourth-order valence-corrected chi connectivity index (χ4v) is 2.98. The van der Waals surface area contributed by atoms with Crippen molar-refractivity contribution in [1.82, 2.24) is 20.0 Å². The van der Waals surface area contributed by atoms with Crippen LogP contribution in [0.5, 0.6) is 5.75 Å². The van der Waals surface area contributed by atoms with E-state index in [4.69, 9.17) is 10.5 Å². The number of para-hydroxylation sites is 1. The zero-order valence-electron chi connectivity index (χ0n) is 17.2. The van der Waals surface area contributed by atoms with E-state index in [-0.39, 0.29) is 6.61 Å². The number of amides is 1. The molecule has 0 aliphatic heterocycles. The monoisotopic (exact) mass is 406 g/mol. The highest BCUT2D eigenvalue weighted by atomic mass is 16.5. The zero-order chi connectivity index (χ0) is 21.3. The van der Waals surface area contributed by atoms with Gasteiger partial charge in [0.1, 0.15) is 5.75 Å². The van der Waals surface area contributed by atoms with Gasteiger partial charge in [-0.3, -0.25) is 9.79 Å². The molecule has 0 aliphatic carbocycles. The van der Waals surface area contributed by atoms with Crippen molar-refractivity contribution in [2.45, 2.75) is 13.1 Å². The van der Waals surface area contributed by atoms with Gasteiger partial charge in [-0.15, -0.1) is 0 Å². The molecule has 2 aromatic carbocycles. The number of aromatic nitrogens is 2. The zero-order valence-corrected chi connectivity index (χ0v) is 17.2. The summed E-state index contributed by atoms with van der Waals surface area (Å²) in [6, 6.07) is 17.5. The number of rotatable bonds is 8. The standard InChI is InChI=1S/C22H26N6O2/c1-24-22(25-12-17-7-6-10-20(11-17)30-16-21(23)29)27(2)14-18-13-26-28(15-18)19-8-4-3-5-9-19/h3-11,13,15H,12,14,16H2,1-2H3,(H2,23,29)(H,24,25). The number of primary amides is 1. The van der Waals surface area contributed by atoms with Crippen molar-refractivity contribution < 1.29 is 9.53 Å². The predicted molar refractivity (Wildman–Crippen MR) is 116 cm³/mol. The van der Waals surface area contributed by atoms with Gasteiger partial charge in [-0.2, -0.15) is 5.10 Å². The summed E-state index contributed by atoms with van der Waals surface area (Å²) < 4.78 is 7.21. The fraction of sp³-hybridized carbons (Fsp3) is 0.227. The molecule has 8 heteroatoms. The Balaban J connectivity index is 1.57. The Morgan fingerprint density at radius 3 is 2.73 bits per heavy atom. The van der Waals surface area contributed by atoms with E-state index >= 15 is 0 Å². The molecule has 0 spiro atoms. The summed E-state index contributed by atoms with van der Waals surface area (Å²) in [7, 11) is 3.72. The van der Waals surface area contributed by atoms with Crippen LogP contribution in [0, 0.1) is 0 Å². The van der Waals surface area contributed by atoms with E-state index in [1.807, 2.05) is 77.6 Å². The van der Waals surface area contributed by atoms with E-state index in [1.54, 1.807) is 13.1 Å². The first kappa shape index (κ1) is 20.9. The molecule has 8 nitrogen and oxygen atoms in total. The second-order valence-corrected chi connectivity index (χ2v) is 6.79. The summed E-state index contributed by atoms with van der Waals surface area (Å²) in [5.41, 5.74) is 8.22. The van der Waals surface area contributed by atoms with E-state index < -0.39 is 5.91 Å². The summed E-state index contributed by atoms with van der Waals surface area (Å²) in [5, 5.41) is 7.78. The number of hydrogen-bond acceptors (Lipinski definition) is 4. The van der Waals surface area contributed by atoms with E-state index in [1.165, 1.54) is 0 Å². The lowest BCUT2D eigenvalue weighted by molar-refractivity contribution is -0.119. The van der Waals surface area contributed by atoms with Crippen molar-refractivity contribution in [3.8, 4) is 11.4 Å². The van der Waals surface area contributed by atoms with Gasteiger partial charge in [0.15, 0.2) is 12.6 Å². The summed E-state index contributed by atoms with van der Waals surface area (Å²) in [6.07, 6.45) is 3.87. The summed E-state index contributed by atoms with van der Waals surface area (Å²) >= 11 is 0. The molecule has 1 aromatic heterocycles. The SMILES string of the molecule is CN=C(NCc1cccc(OCC(N)=O)c1)N(C)Cc1cnn(-c2ccccc2)c1. The average molecular weight is 406 g/mol. The Bertz CT molecular complexity index is 1000. The second kappa shape index (κ2) is 10.1. The van der Waals surface area contributed by atoms with Crippen LogP contribution in [0.2, 0.25) is 0 Å². The maximum atomic E-state index is 10.9. The molecule has 0 bridgehead atoms. The highest BCUT2D eigenvalue weighted by Crippen LogP contribution is 2.13. The third kappa shape index (κ3) is 5.84. The van der Waals surface area contributed by atoms with Crippen molar-refractivity contribution >= 4 is 11.9 Å². The van der Waals surface area contributed by atoms with Gasteiger partial charge < -0.3 is 20.7 Å². The first-order valence-electron chi connectivity index (χ1n) is 9.56. The summed E-state index contributed by atoms with van der Waals surface area (Å²) in [4.78, 5) is 17.3. The first-order valence-corrected chi connectivity index (χ1v) is 9.56. The van der Waals surface area contributed by atoms with Crippen LogP contribution in [0.15, 0.2) is 72.0 Å². The molecule has 3 rings (SSSR count). The molecule has 0 atom stereocenters. The minimum absolute atomic E-state index is 0.141. The van der Waals surface area contributed by atoms with Crippen molar-refractivity contribution in [1.29, 1.82) is 0 Å². The minimum atomic E-state index is -0.504. The third-order valence-corrected chi connectivity index (χ3v) is 4.38. The maximum absolute atomic E-state index is 10.9. The first-order chi connectivity index (χ1) is 14.5. The van der Waals surface area contributed by atoms with Gasteiger partial charge in [0, 0.05) is 38.9 Å². The van der Waals surface area contributed by atoms with Crippen LogP contribution in [-0.4, -0.2) is 47.2 Å². The number of aliphatic imine (C=N–C) groups is 1. The van der Waals surface area contributed by atoms with Gasteiger partial charge in [-0.25, -0.2) is 4.68 Å². The van der Waals surface area contributed by atoms with Gasteiger partial charge in [-0.1, -0.05) is 30.3 Å². The number of nitrogens with zero attached hydrogens (tertiary/aromatic N) is 4. The molecule has 0 saturated carbocycles. The van der Waals surface area contributed by atoms with Crippen molar-refractivity contribution in [2.24, 2.45) is 10.7 Å². The molecule has 156 valence electrons. The van der Waals surface area contributed by atoms with Gasteiger partial charge in [0.05, 0.1) is 11.9 Å². The van der Waals surface area contributed by atoms with Crippen LogP contribution < -0.4 is 15.8 Å². The average Bonchev–Trinajstić information content (AvgIpc) is 3.22. The molecular weight excluding hydrogens is 380 g/mol. The molecular formula is C22H26N6O2. The van der Waals surface area contributed by atoms with Crippen molar-refractivity contribution in [3.63, 3.8) is 0 Å². The Hall–Kier alpha value is -3.81. The van der Waals surface area contributed by atoms with Crippen LogP contribution in [-0.2, 0) is 17.9 Å². The molecule has 0 saturated heterocycles. The number of carbonyl (C=O) groups excluding carboxylic acids is 1. The number of benzene rings is 2. The molecule has 1 amide bonds. The number of ether oxygens (including phenoxy) is 1. The van der Waals surface area contributed by atoms with Gasteiger partial charge in [-0.05, 0) is 29.8 Å². The molecule has 3 aromatic rings. The highest BCUT2D eigenvalue weighted by molar-refractivity contribution is 5.79. The third-order valence-electron chi connectivity index (χ3n) is 4.38. The van der Waals surface area contributed by atoms with E-state index in [0.29, 0.717) is 18.8 Å². The van der Waals surface area contributed by atoms with Gasteiger partial charge in [0.2, 0.25) is 0 Å². The van der Waals surface area contributed by atoms with Gasteiger partial charge >= 0.3 is 0 Å². The quantitative estimate of drug-likeness (QED) is 0.440. The summed E-state index contributed by atoms with van der Waals surface area (Å²) in [6.45, 7) is 1.08. The molecule has 1 heterocycles. The molecule has 0 aliphatic rings. The Kier molecular flexibility index (Phi) is 7.05. The van der Waals surface area contributed by atoms with Crippen LogP contribution >= 0.6 is 0 Å². The molecule has 0 radical (unpaired) electrons. The van der Waals surface area contributed by atoms with E-state index in [9.17, 15) is 4.79 Å². The summed E-state index contributed by atoms with van der Waals surface area (Å²) in [5.74, 6) is 0.854. The van der Waals surface area contributed by atoms with Crippen LogP contribution in [0.4, 0.5) is 0 Å². The predicted octanol–water partition coefficient (Wildman–Crippen LogP) is 1.94. The Morgan fingerprint density at radius 1 is 1.20 bits per heavy atom. The smallest absolute Gasteiger partial charge is 0.255 e. The van der Waals surface area contributed by atoms with E-state index in [2.05, 4.69) is 15.4 Å². The van der Waals surface area contributed by atoms with Gasteiger partial charge in [0.25, 0.3) is 5.91 Å². The Labute approximate surface area is 176 Å². The number of carbonyl (C=O) groups is 1. The molecule has 0 fully saturated rings. The van der Waals surface area contributed by atoms with Crippen LogP contribution in [0.1, 0.15) is 11.1 Å². The lowest BCUT2D eigenvalue weighted by atomic mass is 10.2. The molecule has 30 heavy (non-hydrogen) atoms. The molecule has 3 N–H and O–H groups in total. The van der Waals surface area contributed by atoms with Crippen LogP contribution in [0.3, 0.4) is 0 Å². The van der Waals surface area contributed by atoms with Crippen molar-refractivity contribution in [3.05, 3.63) is 78.1 Å². The number of nitrogens with two attached hydrogens (primary N) is 1. The normalized spacial score (nSPS) is 11.2. The fourth-order valence-electron chi connectivity index (χ4n) is 2.98.